The molecule has 0 radical (unpaired) electrons. The molecular weight excluding hydrogens is 635 g/mol. The molecule has 0 unspecified atom stereocenters. The van der Waals surface area contributed by atoms with Gasteiger partial charge in [-0.2, -0.15) is 0 Å². The van der Waals surface area contributed by atoms with Crippen molar-refractivity contribution in [2.45, 2.75) is 139 Å². The van der Waals surface area contributed by atoms with Gasteiger partial charge in [-0.3, -0.25) is 9.78 Å². The molecule has 4 heteroatoms. The number of nitrogens with zero attached hydrogens (tertiary/aromatic N) is 1. The topological polar surface area (TPSA) is 54.0 Å². The second-order valence-electron chi connectivity index (χ2n) is 15.4. The number of fused-ring (bicyclic) bond motifs is 1. The number of benzene rings is 3. The average molecular weight is 708 g/mol. The highest BCUT2D eigenvalue weighted by atomic mass is 16.1. The van der Waals surface area contributed by atoms with Gasteiger partial charge in [0.05, 0.1) is 5.52 Å². The third-order valence-corrected chi connectivity index (χ3v) is 8.90. The van der Waals surface area contributed by atoms with Gasteiger partial charge in [0.2, 0.25) is 0 Å². The number of hydrogen-bond acceptors (Lipinski definition) is 4. The summed E-state index contributed by atoms with van der Waals surface area (Å²) in [5.41, 5.74) is 8.15. The lowest BCUT2D eigenvalue weighted by Crippen LogP contribution is -2.34. The van der Waals surface area contributed by atoms with E-state index in [1.807, 2.05) is 68.6 Å². The first-order valence-corrected chi connectivity index (χ1v) is 19.9. The van der Waals surface area contributed by atoms with E-state index in [4.69, 9.17) is 0 Å². The van der Waals surface area contributed by atoms with Crippen molar-refractivity contribution in [3.05, 3.63) is 108 Å². The van der Waals surface area contributed by atoms with E-state index >= 15 is 0 Å². The van der Waals surface area contributed by atoms with Crippen molar-refractivity contribution in [1.82, 2.24) is 15.6 Å². The SMILES string of the molecule is C1CC1.C=C(NC(C)(C)C)c1cnc2ccc(-c3ccc(C=O)cc3)cc2c1C.CC.CCC(C)C.CNC1CCC(C)CC1.Cc1ccccc1. The van der Waals surface area contributed by atoms with E-state index in [0.29, 0.717) is 5.56 Å². The van der Waals surface area contributed by atoms with Crippen LogP contribution in [-0.4, -0.2) is 29.9 Å². The lowest BCUT2D eigenvalue weighted by molar-refractivity contribution is 0.112. The Morgan fingerprint density at radius 2 is 1.42 bits per heavy atom. The molecule has 2 N–H and O–H groups in total. The molecule has 3 aromatic carbocycles. The molecule has 4 nitrogen and oxygen atoms in total. The molecular formula is C48H73N3O. The van der Waals surface area contributed by atoms with Crippen molar-refractivity contribution in [2.75, 3.05) is 7.05 Å². The van der Waals surface area contributed by atoms with E-state index in [0.717, 1.165) is 63.0 Å². The normalized spacial score (nSPS) is 15.6. The van der Waals surface area contributed by atoms with E-state index in [-0.39, 0.29) is 5.54 Å². The Morgan fingerprint density at radius 1 is 0.885 bits per heavy atom. The fourth-order valence-electron chi connectivity index (χ4n) is 5.17. The van der Waals surface area contributed by atoms with Gasteiger partial charge in [0.15, 0.2) is 0 Å². The van der Waals surface area contributed by atoms with Crippen LogP contribution in [0, 0.1) is 25.7 Å². The van der Waals surface area contributed by atoms with Gasteiger partial charge < -0.3 is 10.6 Å². The van der Waals surface area contributed by atoms with Gasteiger partial charge >= 0.3 is 0 Å². The number of rotatable bonds is 6. The summed E-state index contributed by atoms with van der Waals surface area (Å²) in [6.45, 7) is 27.7. The molecule has 2 aliphatic rings. The maximum atomic E-state index is 10.9. The zero-order valence-corrected chi connectivity index (χ0v) is 35.0. The van der Waals surface area contributed by atoms with Crippen LogP contribution in [0.15, 0.2) is 85.6 Å². The van der Waals surface area contributed by atoms with Crippen LogP contribution in [0.3, 0.4) is 0 Å². The lowest BCUT2D eigenvalue weighted by atomic mass is 9.87. The number of aromatic nitrogens is 1. The first-order chi connectivity index (χ1) is 24.8. The smallest absolute Gasteiger partial charge is 0.150 e. The summed E-state index contributed by atoms with van der Waals surface area (Å²) in [5, 5.41) is 7.86. The number of aryl methyl sites for hydroxylation is 2. The Bertz CT molecular complexity index is 1540. The first-order valence-electron chi connectivity index (χ1n) is 19.9. The van der Waals surface area contributed by atoms with Crippen molar-refractivity contribution in [1.29, 1.82) is 0 Å². The zero-order valence-electron chi connectivity index (χ0n) is 35.0. The number of carbonyl (C=O) groups is 1. The molecule has 2 saturated carbocycles. The van der Waals surface area contributed by atoms with Gasteiger partial charge in [-0.05, 0) is 108 Å². The molecule has 1 aromatic heterocycles. The molecule has 0 amide bonds. The fraction of sp³-hybridized carbons (Fsp3) is 0.500. The maximum absolute atomic E-state index is 10.9. The van der Waals surface area contributed by atoms with Crippen LogP contribution < -0.4 is 10.6 Å². The van der Waals surface area contributed by atoms with E-state index in [1.54, 1.807) is 0 Å². The summed E-state index contributed by atoms with van der Waals surface area (Å²) in [6, 6.07) is 24.9. The fourth-order valence-corrected chi connectivity index (χ4v) is 5.17. The van der Waals surface area contributed by atoms with E-state index < -0.39 is 0 Å². The van der Waals surface area contributed by atoms with Gasteiger partial charge in [0.1, 0.15) is 6.29 Å². The molecule has 2 aliphatic carbocycles. The molecule has 2 fully saturated rings. The van der Waals surface area contributed by atoms with Crippen LogP contribution in [0.1, 0.15) is 141 Å². The number of pyridine rings is 1. The standard InChI is InChI=1S/C23H24N2O.C8H17N.C7H8.C5H12.C3H6.C2H6/c1-15-20-12-19(18-8-6-17(14-26)7-9-18)10-11-22(20)24-13-21(15)16(2)25-23(3,4)5;1-7-3-5-8(9-2)6-4-7;1-7-5-3-2-4-6-7;1-4-5(2)3;1-2-3-1;1-2/h6-14,25H,2H2,1,3-5H3;7-9H,3-6H2,1-2H3;2-6H,1H3;5H,4H2,1-3H3;1-3H2;1-2H3. The Hall–Kier alpha value is -3.76. The minimum absolute atomic E-state index is 0.0549. The predicted octanol–water partition coefficient (Wildman–Crippen LogP) is 13.4. The Morgan fingerprint density at radius 3 is 1.85 bits per heavy atom. The highest BCUT2D eigenvalue weighted by Gasteiger charge is 2.16. The van der Waals surface area contributed by atoms with E-state index in [1.165, 1.54) is 56.9 Å². The second kappa shape index (κ2) is 25.3. The number of nitrogens with one attached hydrogen (secondary N) is 2. The maximum Gasteiger partial charge on any atom is 0.150 e. The van der Waals surface area contributed by atoms with Crippen molar-refractivity contribution in [2.24, 2.45) is 11.8 Å². The molecule has 0 saturated heterocycles. The van der Waals surface area contributed by atoms with Crippen LogP contribution in [0.5, 0.6) is 0 Å². The molecule has 1 heterocycles. The summed E-state index contributed by atoms with van der Waals surface area (Å²) in [6.07, 6.45) is 14.2. The largest absolute Gasteiger partial charge is 0.380 e. The molecule has 52 heavy (non-hydrogen) atoms. The predicted molar refractivity (Wildman–Crippen MR) is 231 cm³/mol. The van der Waals surface area contributed by atoms with Crippen molar-refractivity contribution < 1.29 is 4.79 Å². The second-order valence-corrected chi connectivity index (χ2v) is 15.4. The summed E-state index contributed by atoms with van der Waals surface area (Å²) in [4.78, 5) is 15.5. The molecule has 4 aromatic rings. The number of carbonyl (C=O) groups excluding carboxylic acids is 1. The Labute approximate surface area is 319 Å². The molecule has 0 spiro atoms. The Balaban J connectivity index is 0.000000418. The highest BCUT2D eigenvalue weighted by Crippen LogP contribution is 2.29. The summed E-state index contributed by atoms with van der Waals surface area (Å²) >= 11 is 0. The molecule has 286 valence electrons. The van der Waals surface area contributed by atoms with Gasteiger partial charge in [-0.1, -0.05) is 140 Å². The van der Waals surface area contributed by atoms with Crippen LogP contribution in [0.25, 0.3) is 27.7 Å². The van der Waals surface area contributed by atoms with Crippen molar-refractivity contribution in [3.63, 3.8) is 0 Å². The van der Waals surface area contributed by atoms with E-state index in [2.05, 4.69) is 116 Å². The molecule has 6 rings (SSSR count). The lowest BCUT2D eigenvalue weighted by Gasteiger charge is -2.25. The summed E-state index contributed by atoms with van der Waals surface area (Å²) in [7, 11) is 2.07. The highest BCUT2D eigenvalue weighted by molar-refractivity contribution is 5.90. The molecule has 0 aliphatic heterocycles. The minimum atomic E-state index is -0.0549. The zero-order chi connectivity index (χ0) is 39.1. The number of aldehydes is 1. The van der Waals surface area contributed by atoms with E-state index in [9.17, 15) is 4.79 Å². The van der Waals surface area contributed by atoms with Crippen molar-refractivity contribution >= 4 is 22.9 Å². The van der Waals surface area contributed by atoms with Crippen LogP contribution in [0.2, 0.25) is 0 Å². The Kier molecular flexibility index (Phi) is 22.5. The summed E-state index contributed by atoms with van der Waals surface area (Å²) in [5.74, 6) is 1.87. The monoisotopic (exact) mass is 708 g/mol. The van der Waals surface area contributed by atoms with Gasteiger partial charge in [-0.25, -0.2) is 0 Å². The molecule has 0 atom stereocenters. The quantitative estimate of drug-likeness (QED) is 0.196. The van der Waals surface area contributed by atoms with Gasteiger partial charge in [-0.15, -0.1) is 0 Å². The summed E-state index contributed by atoms with van der Waals surface area (Å²) < 4.78 is 0. The van der Waals surface area contributed by atoms with Gasteiger partial charge in [0, 0.05) is 40.0 Å². The van der Waals surface area contributed by atoms with Crippen molar-refractivity contribution in [3.8, 4) is 11.1 Å². The number of hydrogen-bond donors (Lipinski definition) is 2. The van der Waals surface area contributed by atoms with Crippen LogP contribution >= 0.6 is 0 Å². The van der Waals surface area contributed by atoms with Crippen LogP contribution in [-0.2, 0) is 0 Å². The first kappa shape index (κ1) is 46.3. The molecule has 0 bridgehead atoms. The average Bonchev–Trinajstić information content (AvgIpc) is 4.04. The van der Waals surface area contributed by atoms with Crippen LogP contribution in [0.4, 0.5) is 0 Å². The third kappa shape index (κ3) is 19.2. The third-order valence-electron chi connectivity index (χ3n) is 8.90. The minimum Gasteiger partial charge on any atom is -0.380 e. The van der Waals surface area contributed by atoms with Gasteiger partial charge in [0.25, 0.3) is 0 Å².